The van der Waals surface area contributed by atoms with Crippen LogP contribution in [-0.2, 0) is 0 Å². The highest BCUT2D eigenvalue weighted by molar-refractivity contribution is 9.11. The summed E-state index contributed by atoms with van der Waals surface area (Å²) in [5.74, 6) is 1.04. The molecule has 88 valence electrons. The minimum absolute atomic E-state index is 0.396. The molecule has 0 amide bonds. The van der Waals surface area contributed by atoms with Gasteiger partial charge in [0.25, 0.3) is 0 Å². The lowest BCUT2D eigenvalue weighted by Crippen LogP contribution is -2.27. The van der Waals surface area contributed by atoms with Crippen LogP contribution in [0.3, 0.4) is 0 Å². The van der Waals surface area contributed by atoms with E-state index in [1.54, 1.807) is 11.3 Å². The molecule has 2 fully saturated rings. The normalized spacial score (nSPS) is 24.4. The van der Waals surface area contributed by atoms with Crippen molar-refractivity contribution in [2.24, 2.45) is 11.3 Å². The Labute approximate surface area is 109 Å². The fraction of sp³-hybridized carbons (Fsp3) is 0.750. The summed E-state index contributed by atoms with van der Waals surface area (Å²) in [5.41, 5.74) is 0.683. The van der Waals surface area contributed by atoms with Crippen LogP contribution in [0.15, 0.2) is 9.98 Å². The zero-order chi connectivity index (χ0) is 11.2. The Kier molecular flexibility index (Phi) is 2.84. The lowest BCUT2D eigenvalue weighted by molar-refractivity contribution is 0.381. The van der Waals surface area contributed by atoms with Gasteiger partial charge in [-0.3, -0.25) is 0 Å². The fourth-order valence-electron chi connectivity index (χ4n) is 2.50. The third kappa shape index (κ3) is 2.20. The van der Waals surface area contributed by atoms with Crippen molar-refractivity contribution >= 4 is 27.3 Å². The molecule has 2 nitrogen and oxygen atoms in total. The van der Waals surface area contributed by atoms with Gasteiger partial charge in [-0.15, -0.1) is 11.3 Å². The first-order valence-corrected chi connectivity index (χ1v) is 7.65. The summed E-state index contributed by atoms with van der Waals surface area (Å²) in [6.07, 6.45) is 7.72. The van der Waals surface area contributed by atoms with E-state index in [-0.39, 0.29) is 0 Å². The third-order valence-corrected chi connectivity index (χ3v) is 5.62. The second-order valence-electron chi connectivity index (χ2n) is 5.24. The maximum absolute atomic E-state index is 4.41. The molecule has 2 saturated carbocycles. The van der Waals surface area contributed by atoms with Gasteiger partial charge in [-0.2, -0.15) is 0 Å². The van der Waals surface area contributed by atoms with E-state index >= 15 is 0 Å². The number of thiazole rings is 1. The number of rotatable bonds is 5. The number of aromatic nitrogens is 1. The van der Waals surface area contributed by atoms with Gasteiger partial charge in [-0.05, 0) is 59.9 Å². The molecule has 3 rings (SSSR count). The summed E-state index contributed by atoms with van der Waals surface area (Å²) in [6.45, 7) is 3.41. The number of nitrogens with one attached hydrogen (secondary N) is 1. The van der Waals surface area contributed by atoms with E-state index in [2.05, 4.69) is 33.2 Å². The van der Waals surface area contributed by atoms with Gasteiger partial charge in [-0.1, -0.05) is 0 Å². The van der Waals surface area contributed by atoms with Gasteiger partial charge in [0.15, 0.2) is 0 Å². The Morgan fingerprint density at radius 2 is 2.38 bits per heavy atom. The topological polar surface area (TPSA) is 24.9 Å². The van der Waals surface area contributed by atoms with Gasteiger partial charge in [0.1, 0.15) is 5.01 Å². The molecule has 1 atom stereocenters. The third-order valence-electron chi connectivity index (χ3n) is 3.96. The van der Waals surface area contributed by atoms with E-state index in [1.807, 2.05) is 6.20 Å². The molecule has 0 spiro atoms. The standard InChI is InChI=1S/C12H17BrN2S/c1-8(11-14-6-10(13)16-11)15-7-12(4-5-12)9-2-3-9/h6,8-9,15H,2-5,7H2,1H3. The van der Waals surface area contributed by atoms with Crippen molar-refractivity contribution in [2.45, 2.75) is 38.6 Å². The van der Waals surface area contributed by atoms with Crippen LogP contribution in [0.25, 0.3) is 0 Å². The summed E-state index contributed by atoms with van der Waals surface area (Å²) in [6, 6.07) is 0.396. The molecule has 16 heavy (non-hydrogen) atoms. The van der Waals surface area contributed by atoms with Gasteiger partial charge in [0.2, 0.25) is 0 Å². The van der Waals surface area contributed by atoms with Crippen molar-refractivity contribution in [3.63, 3.8) is 0 Å². The average Bonchev–Trinajstić information content (AvgIpc) is 3.14. The Bertz CT molecular complexity index is 382. The molecule has 4 heteroatoms. The van der Waals surface area contributed by atoms with E-state index in [1.165, 1.54) is 37.2 Å². The zero-order valence-corrected chi connectivity index (χ0v) is 11.9. The van der Waals surface area contributed by atoms with Crippen LogP contribution in [0.5, 0.6) is 0 Å². The number of nitrogens with zero attached hydrogens (tertiary/aromatic N) is 1. The number of hydrogen-bond acceptors (Lipinski definition) is 3. The van der Waals surface area contributed by atoms with Crippen molar-refractivity contribution in [1.82, 2.24) is 10.3 Å². The van der Waals surface area contributed by atoms with Gasteiger partial charge < -0.3 is 5.32 Å². The van der Waals surface area contributed by atoms with Gasteiger partial charge >= 0.3 is 0 Å². The van der Waals surface area contributed by atoms with Crippen LogP contribution in [0.2, 0.25) is 0 Å². The van der Waals surface area contributed by atoms with Crippen LogP contribution in [0.1, 0.15) is 43.7 Å². The Hall–Kier alpha value is 0.0700. The van der Waals surface area contributed by atoms with Crippen molar-refractivity contribution < 1.29 is 0 Å². The van der Waals surface area contributed by atoms with Gasteiger partial charge in [0, 0.05) is 6.54 Å². The molecule has 0 aliphatic heterocycles. The summed E-state index contributed by atoms with van der Waals surface area (Å²) in [4.78, 5) is 4.41. The monoisotopic (exact) mass is 300 g/mol. The molecule has 1 aromatic rings. The summed E-state index contributed by atoms with van der Waals surface area (Å²) < 4.78 is 1.12. The van der Waals surface area contributed by atoms with E-state index < -0.39 is 0 Å². The highest BCUT2D eigenvalue weighted by atomic mass is 79.9. The van der Waals surface area contributed by atoms with Crippen molar-refractivity contribution in [3.05, 3.63) is 15.0 Å². The molecule has 1 heterocycles. The molecular weight excluding hydrogens is 284 g/mol. The molecule has 0 saturated heterocycles. The maximum atomic E-state index is 4.41. The van der Waals surface area contributed by atoms with E-state index in [9.17, 15) is 0 Å². The zero-order valence-electron chi connectivity index (χ0n) is 9.50. The molecule has 0 bridgehead atoms. The molecule has 2 aliphatic rings. The Morgan fingerprint density at radius 3 is 2.88 bits per heavy atom. The van der Waals surface area contributed by atoms with Gasteiger partial charge in [0.05, 0.1) is 16.0 Å². The quantitative estimate of drug-likeness (QED) is 0.896. The van der Waals surface area contributed by atoms with Crippen LogP contribution in [0.4, 0.5) is 0 Å². The molecule has 0 radical (unpaired) electrons. The fourth-order valence-corrected chi connectivity index (χ4v) is 3.77. The second-order valence-corrected chi connectivity index (χ2v) is 7.68. The number of halogens is 1. The summed E-state index contributed by atoms with van der Waals surface area (Å²) in [7, 11) is 0. The maximum Gasteiger partial charge on any atom is 0.110 e. The molecule has 1 unspecified atom stereocenters. The van der Waals surface area contributed by atoms with Crippen molar-refractivity contribution in [3.8, 4) is 0 Å². The molecule has 0 aromatic carbocycles. The SMILES string of the molecule is CC(NCC1(C2CC2)CC1)c1ncc(Br)s1. The van der Waals surface area contributed by atoms with E-state index in [0.717, 1.165) is 9.70 Å². The Balaban J connectivity index is 1.55. The van der Waals surface area contributed by atoms with Crippen LogP contribution in [0, 0.1) is 11.3 Å². The Morgan fingerprint density at radius 1 is 1.62 bits per heavy atom. The van der Waals surface area contributed by atoms with E-state index in [0.29, 0.717) is 11.5 Å². The lowest BCUT2D eigenvalue weighted by atomic mass is 10.0. The molecule has 1 N–H and O–H groups in total. The molecular formula is C12H17BrN2S. The summed E-state index contributed by atoms with van der Waals surface area (Å²) in [5, 5.41) is 4.86. The predicted molar refractivity (Wildman–Crippen MR) is 70.6 cm³/mol. The minimum atomic E-state index is 0.396. The first kappa shape index (κ1) is 11.2. The van der Waals surface area contributed by atoms with Crippen LogP contribution < -0.4 is 5.32 Å². The largest absolute Gasteiger partial charge is 0.308 e. The van der Waals surface area contributed by atoms with Crippen molar-refractivity contribution in [2.75, 3.05) is 6.54 Å². The first-order valence-electron chi connectivity index (χ1n) is 6.04. The minimum Gasteiger partial charge on any atom is -0.308 e. The number of hydrogen-bond donors (Lipinski definition) is 1. The highest BCUT2D eigenvalue weighted by Gasteiger charge is 2.53. The molecule has 1 aromatic heterocycles. The van der Waals surface area contributed by atoms with Crippen LogP contribution in [-0.4, -0.2) is 11.5 Å². The average molecular weight is 301 g/mol. The second kappa shape index (κ2) is 4.07. The molecule has 2 aliphatic carbocycles. The van der Waals surface area contributed by atoms with Crippen molar-refractivity contribution in [1.29, 1.82) is 0 Å². The summed E-state index contributed by atoms with van der Waals surface area (Å²) >= 11 is 5.20. The van der Waals surface area contributed by atoms with Crippen LogP contribution >= 0.6 is 27.3 Å². The smallest absolute Gasteiger partial charge is 0.110 e. The lowest BCUT2D eigenvalue weighted by Gasteiger charge is -2.18. The predicted octanol–water partition coefficient (Wildman–Crippen LogP) is 3.75. The first-order chi connectivity index (χ1) is 7.70. The van der Waals surface area contributed by atoms with Gasteiger partial charge in [-0.25, -0.2) is 4.98 Å². The van der Waals surface area contributed by atoms with E-state index in [4.69, 9.17) is 0 Å². The highest BCUT2D eigenvalue weighted by Crippen LogP contribution is 2.60.